The zero-order valence-electron chi connectivity index (χ0n) is 19.4. The van der Waals surface area contributed by atoms with Crippen LogP contribution < -0.4 is 10.6 Å². The molecule has 0 aromatic carbocycles. The number of carbonyl (C=O) groups excluding carboxylic acids is 2. The Morgan fingerprint density at radius 2 is 1.72 bits per heavy atom. The number of hydroxylamine groups is 2. The molecule has 3 rings (SSSR count). The number of halogens is 2. The van der Waals surface area contributed by atoms with Crippen LogP contribution in [0.4, 0.5) is 0 Å². The first-order chi connectivity index (χ1) is 14.7. The summed E-state index contributed by atoms with van der Waals surface area (Å²) in [5.74, 6) is -0.482. The van der Waals surface area contributed by atoms with E-state index < -0.39 is 11.7 Å². The normalized spacial score (nSPS) is 23.3. The summed E-state index contributed by atoms with van der Waals surface area (Å²) in [7, 11) is 0. The lowest BCUT2D eigenvalue weighted by Crippen LogP contribution is -2.59. The van der Waals surface area contributed by atoms with Crippen LogP contribution in [0.1, 0.15) is 71.1 Å². The molecular weight excluding hydrogens is 455 g/mol. The van der Waals surface area contributed by atoms with Gasteiger partial charge in [-0.2, -0.15) is 0 Å². The summed E-state index contributed by atoms with van der Waals surface area (Å²) in [6.07, 6.45) is 10.3. The van der Waals surface area contributed by atoms with E-state index in [0.29, 0.717) is 32.0 Å². The van der Waals surface area contributed by atoms with Gasteiger partial charge in [-0.1, -0.05) is 32.6 Å². The number of hydrogen-bond donors (Lipinski definition) is 2. The third-order valence-corrected chi connectivity index (χ3v) is 6.73. The van der Waals surface area contributed by atoms with Crippen molar-refractivity contribution >= 4 is 37.2 Å². The van der Waals surface area contributed by atoms with Gasteiger partial charge < -0.3 is 20.2 Å². The first-order valence-electron chi connectivity index (χ1n) is 12.0. The van der Waals surface area contributed by atoms with Gasteiger partial charge in [0.2, 0.25) is 12.1 Å². The Kier molecular flexibility index (Phi) is 14.1. The van der Waals surface area contributed by atoms with Gasteiger partial charge in [-0.25, -0.2) is 4.79 Å². The van der Waals surface area contributed by atoms with Gasteiger partial charge in [0.05, 0.1) is 6.10 Å². The lowest BCUT2D eigenvalue weighted by Gasteiger charge is -2.41. The fourth-order valence-corrected chi connectivity index (χ4v) is 4.89. The second-order valence-electron chi connectivity index (χ2n) is 8.90. The molecule has 0 spiro atoms. The Balaban J connectivity index is 0.00000256. The molecule has 188 valence electrons. The fraction of sp³-hybridized carbons (Fsp3) is 0.909. The van der Waals surface area contributed by atoms with Crippen molar-refractivity contribution in [2.24, 2.45) is 0 Å². The molecule has 10 heteroatoms. The van der Waals surface area contributed by atoms with Crippen LogP contribution in [0.25, 0.3) is 0 Å². The van der Waals surface area contributed by atoms with Crippen LogP contribution >= 0.6 is 24.8 Å². The Bertz CT molecular complexity index is 540. The molecule has 1 saturated carbocycles. The maximum atomic E-state index is 13.3. The monoisotopic (exact) mass is 496 g/mol. The number of unbranched alkanes of at least 4 members (excludes halogenated alkanes) is 1. The summed E-state index contributed by atoms with van der Waals surface area (Å²) in [5, 5.41) is 7.87. The number of amides is 1. The highest BCUT2D eigenvalue weighted by molar-refractivity contribution is 5.85. The van der Waals surface area contributed by atoms with Crippen LogP contribution in [0.3, 0.4) is 0 Å². The van der Waals surface area contributed by atoms with Crippen molar-refractivity contribution in [1.29, 1.82) is 0 Å². The standard InChI is InChI=1S/C22H40N4O4.2ClH/c1-2-3-11-22(24-18-27,29-20-7-5-4-6-8-20)21(28)30-26-16-14-25(15-17-26)19-9-12-23-13-10-19;;/h18-20,23H,2-17H2,1H3,(H,24,27);2*1H. The van der Waals surface area contributed by atoms with Gasteiger partial charge in [-0.05, 0) is 45.2 Å². The minimum Gasteiger partial charge on any atom is -0.364 e. The van der Waals surface area contributed by atoms with Crippen molar-refractivity contribution in [2.75, 3.05) is 39.3 Å². The molecule has 32 heavy (non-hydrogen) atoms. The topological polar surface area (TPSA) is 83.1 Å². The van der Waals surface area contributed by atoms with E-state index in [2.05, 4.69) is 22.5 Å². The lowest BCUT2D eigenvalue weighted by atomic mass is 9.96. The molecule has 0 radical (unpaired) electrons. The van der Waals surface area contributed by atoms with Gasteiger partial charge in [-0.3, -0.25) is 9.69 Å². The fourth-order valence-electron chi connectivity index (χ4n) is 4.89. The number of nitrogens with one attached hydrogen (secondary N) is 2. The van der Waals surface area contributed by atoms with E-state index in [-0.39, 0.29) is 30.9 Å². The van der Waals surface area contributed by atoms with Crippen molar-refractivity contribution < 1.29 is 19.2 Å². The highest BCUT2D eigenvalue weighted by Crippen LogP contribution is 2.28. The molecule has 1 atom stereocenters. The molecule has 0 aromatic rings. The Morgan fingerprint density at radius 1 is 1.06 bits per heavy atom. The largest absolute Gasteiger partial charge is 0.378 e. The number of nitrogens with zero attached hydrogens (tertiary/aromatic N) is 2. The molecule has 2 saturated heterocycles. The first kappa shape index (κ1) is 29.4. The van der Waals surface area contributed by atoms with Crippen molar-refractivity contribution in [1.82, 2.24) is 20.6 Å². The van der Waals surface area contributed by atoms with Gasteiger partial charge in [0, 0.05) is 38.6 Å². The number of ether oxygens (including phenoxy) is 1. The van der Waals surface area contributed by atoms with E-state index in [1.807, 2.05) is 0 Å². The second-order valence-corrected chi connectivity index (χ2v) is 8.90. The number of carbonyl (C=O) groups is 2. The highest BCUT2D eigenvalue weighted by atomic mass is 35.5. The minimum atomic E-state index is -1.38. The summed E-state index contributed by atoms with van der Waals surface area (Å²) in [6.45, 7) is 7.38. The molecule has 3 fully saturated rings. The van der Waals surface area contributed by atoms with E-state index in [0.717, 1.165) is 64.7 Å². The van der Waals surface area contributed by atoms with Crippen molar-refractivity contribution in [3.63, 3.8) is 0 Å². The van der Waals surface area contributed by atoms with Gasteiger partial charge in [0.15, 0.2) is 0 Å². The number of hydrogen-bond acceptors (Lipinski definition) is 7. The van der Waals surface area contributed by atoms with Gasteiger partial charge >= 0.3 is 5.97 Å². The molecular formula is C22H42Cl2N4O4. The molecule has 2 N–H and O–H groups in total. The predicted octanol–water partition coefficient (Wildman–Crippen LogP) is 2.64. The summed E-state index contributed by atoms with van der Waals surface area (Å²) >= 11 is 0. The predicted molar refractivity (Wildman–Crippen MR) is 129 cm³/mol. The Morgan fingerprint density at radius 3 is 2.31 bits per heavy atom. The van der Waals surface area contributed by atoms with Crippen LogP contribution in [0.15, 0.2) is 0 Å². The van der Waals surface area contributed by atoms with Crippen LogP contribution in [-0.4, -0.2) is 79.5 Å². The van der Waals surface area contributed by atoms with E-state index >= 15 is 0 Å². The van der Waals surface area contributed by atoms with Crippen molar-refractivity contribution in [3.05, 3.63) is 0 Å². The maximum absolute atomic E-state index is 13.3. The highest BCUT2D eigenvalue weighted by Gasteiger charge is 2.44. The second kappa shape index (κ2) is 15.3. The lowest BCUT2D eigenvalue weighted by molar-refractivity contribution is -0.234. The zero-order chi connectivity index (χ0) is 21.2. The third-order valence-electron chi connectivity index (χ3n) is 6.73. The third kappa shape index (κ3) is 8.29. The quantitative estimate of drug-likeness (QED) is 0.355. The molecule has 0 bridgehead atoms. The molecule has 3 aliphatic rings. The smallest absolute Gasteiger partial charge is 0.364 e. The first-order valence-corrected chi connectivity index (χ1v) is 12.0. The molecule has 1 aliphatic carbocycles. The van der Waals surface area contributed by atoms with Gasteiger partial charge in [0.25, 0.3) is 0 Å². The van der Waals surface area contributed by atoms with Crippen LogP contribution in [0.5, 0.6) is 0 Å². The van der Waals surface area contributed by atoms with E-state index in [9.17, 15) is 9.59 Å². The summed E-state index contributed by atoms with van der Waals surface area (Å²) in [5.41, 5.74) is -1.38. The molecule has 2 heterocycles. The summed E-state index contributed by atoms with van der Waals surface area (Å²) < 4.78 is 6.28. The van der Waals surface area contributed by atoms with Crippen LogP contribution in [-0.2, 0) is 19.2 Å². The number of rotatable bonds is 10. The van der Waals surface area contributed by atoms with E-state index in [1.165, 1.54) is 19.3 Å². The number of piperazine rings is 1. The molecule has 1 unspecified atom stereocenters. The molecule has 0 aromatic heterocycles. The molecule has 8 nitrogen and oxygen atoms in total. The van der Waals surface area contributed by atoms with Crippen molar-refractivity contribution in [2.45, 2.75) is 89.0 Å². The van der Waals surface area contributed by atoms with E-state index in [1.54, 1.807) is 5.06 Å². The maximum Gasteiger partial charge on any atom is 0.378 e. The average molecular weight is 498 g/mol. The van der Waals surface area contributed by atoms with Crippen LogP contribution in [0, 0.1) is 0 Å². The Hall–Kier alpha value is -0.640. The molecule has 1 amide bonds. The minimum absolute atomic E-state index is 0. The number of piperidine rings is 1. The van der Waals surface area contributed by atoms with Crippen LogP contribution in [0.2, 0.25) is 0 Å². The SMILES string of the molecule is CCCCC(NC=O)(OC1CCCCC1)C(=O)ON1CCN(C2CCNCC2)CC1.Cl.Cl. The summed E-state index contributed by atoms with van der Waals surface area (Å²) in [4.78, 5) is 33.0. The van der Waals surface area contributed by atoms with Gasteiger partial charge in [-0.15, -0.1) is 29.9 Å². The summed E-state index contributed by atoms with van der Waals surface area (Å²) in [6, 6.07) is 0.624. The molecule has 2 aliphatic heterocycles. The van der Waals surface area contributed by atoms with Gasteiger partial charge in [0.1, 0.15) is 0 Å². The zero-order valence-corrected chi connectivity index (χ0v) is 21.0. The Labute approximate surface area is 205 Å². The van der Waals surface area contributed by atoms with Crippen molar-refractivity contribution in [3.8, 4) is 0 Å². The van der Waals surface area contributed by atoms with E-state index in [4.69, 9.17) is 9.57 Å². The average Bonchev–Trinajstić information content (AvgIpc) is 2.79.